The molecule has 2 amide bonds. The first-order chi connectivity index (χ1) is 13.0. The summed E-state index contributed by atoms with van der Waals surface area (Å²) in [4.78, 5) is 33.1. The van der Waals surface area contributed by atoms with Gasteiger partial charge in [-0.05, 0) is 30.3 Å². The molecule has 7 nitrogen and oxygen atoms in total. The Balaban J connectivity index is 1.88. The summed E-state index contributed by atoms with van der Waals surface area (Å²) in [5.74, 6) is 1.71. The van der Waals surface area contributed by atoms with Gasteiger partial charge in [-0.3, -0.25) is 14.2 Å². The molecule has 0 aliphatic carbocycles. The van der Waals surface area contributed by atoms with E-state index in [1.165, 1.54) is 0 Å². The Labute approximate surface area is 156 Å². The molecule has 0 fully saturated rings. The van der Waals surface area contributed by atoms with Crippen molar-refractivity contribution in [2.75, 3.05) is 12.4 Å². The molecule has 1 aromatic carbocycles. The Kier molecular flexibility index (Phi) is 4.14. The normalized spacial score (nSPS) is 13.6. The number of aromatic nitrogens is 3. The number of hydrogen-bond acceptors (Lipinski definition) is 4. The zero-order valence-corrected chi connectivity index (χ0v) is 15.5. The van der Waals surface area contributed by atoms with Gasteiger partial charge in [-0.1, -0.05) is 13.8 Å². The van der Waals surface area contributed by atoms with Crippen LogP contribution < -0.4 is 10.6 Å². The number of fused-ring (bicyclic) bond motifs is 2. The summed E-state index contributed by atoms with van der Waals surface area (Å²) in [5, 5.41) is 5.50. The van der Waals surface area contributed by atoms with Crippen LogP contribution in [0.25, 0.3) is 16.9 Å². The van der Waals surface area contributed by atoms with Crippen LogP contribution in [0.4, 0.5) is 5.69 Å². The van der Waals surface area contributed by atoms with E-state index in [2.05, 4.69) is 24.5 Å². The number of nitrogens with zero attached hydrogens (tertiary/aromatic N) is 3. The van der Waals surface area contributed by atoms with Crippen LogP contribution in [-0.2, 0) is 11.2 Å². The SMILES string of the molecule is CNC(=O)c1ccc2c(c1)nc(C(C)C)n2-c1ccc2c(n1)CCC(=O)N2. The van der Waals surface area contributed by atoms with Crippen LogP contribution in [0.1, 0.15) is 48.1 Å². The topological polar surface area (TPSA) is 88.9 Å². The third-order valence-electron chi connectivity index (χ3n) is 4.74. The Hall–Kier alpha value is -3.22. The monoisotopic (exact) mass is 363 g/mol. The van der Waals surface area contributed by atoms with Crippen LogP contribution in [0.5, 0.6) is 0 Å². The predicted molar refractivity (Wildman–Crippen MR) is 103 cm³/mol. The number of carbonyl (C=O) groups excluding carboxylic acids is 2. The lowest BCUT2D eigenvalue weighted by Gasteiger charge is -2.18. The smallest absolute Gasteiger partial charge is 0.251 e. The summed E-state index contributed by atoms with van der Waals surface area (Å²) in [5.41, 5.74) is 3.88. The van der Waals surface area contributed by atoms with Crippen LogP contribution in [-0.4, -0.2) is 33.4 Å². The van der Waals surface area contributed by atoms with Gasteiger partial charge in [-0.25, -0.2) is 9.97 Å². The highest BCUT2D eigenvalue weighted by Crippen LogP contribution is 2.28. The van der Waals surface area contributed by atoms with E-state index in [0.717, 1.165) is 34.1 Å². The standard InChI is InChI=1S/C20H21N5O2/c1-11(2)19-24-15-10-12(20(27)21-3)4-7-16(15)25(19)17-8-5-14-13(22-17)6-9-18(26)23-14/h4-5,7-8,10-11H,6,9H2,1-3H3,(H,21,27)(H,23,26). The van der Waals surface area contributed by atoms with Gasteiger partial charge in [0.05, 0.1) is 22.4 Å². The molecule has 0 radical (unpaired) electrons. The third-order valence-corrected chi connectivity index (χ3v) is 4.74. The van der Waals surface area contributed by atoms with Crippen molar-refractivity contribution in [3.63, 3.8) is 0 Å². The van der Waals surface area contributed by atoms with E-state index in [-0.39, 0.29) is 17.7 Å². The minimum atomic E-state index is -0.139. The van der Waals surface area contributed by atoms with E-state index >= 15 is 0 Å². The van der Waals surface area contributed by atoms with Gasteiger partial charge in [0.25, 0.3) is 5.91 Å². The number of imidazole rings is 1. The molecule has 3 aromatic rings. The number of benzene rings is 1. The summed E-state index contributed by atoms with van der Waals surface area (Å²) in [6.45, 7) is 4.16. The highest BCUT2D eigenvalue weighted by atomic mass is 16.2. The van der Waals surface area contributed by atoms with Crippen LogP contribution in [0.3, 0.4) is 0 Å². The zero-order valence-electron chi connectivity index (χ0n) is 15.5. The molecular formula is C20H21N5O2. The number of amides is 2. The third kappa shape index (κ3) is 2.95. The fraction of sp³-hybridized carbons (Fsp3) is 0.300. The van der Waals surface area contributed by atoms with Crippen LogP contribution >= 0.6 is 0 Å². The quantitative estimate of drug-likeness (QED) is 0.749. The van der Waals surface area contributed by atoms with Gasteiger partial charge in [0, 0.05) is 31.4 Å². The minimum absolute atomic E-state index is 0.0229. The number of nitrogens with one attached hydrogen (secondary N) is 2. The van der Waals surface area contributed by atoms with Gasteiger partial charge in [0.1, 0.15) is 11.6 Å². The summed E-state index contributed by atoms with van der Waals surface area (Å²) in [6.07, 6.45) is 1.07. The molecule has 1 aliphatic rings. The van der Waals surface area contributed by atoms with Crippen LogP contribution in [0.15, 0.2) is 30.3 Å². The van der Waals surface area contributed by atoms with E-state index in [9.17, 15) is 9.59 Å². The first-order valence-corrected chi connectivity index (χ1v) is 9.02. The van der Waals surface area contributed by atoms with Gasteiger partial charge >= 0.3 is 0 Å². The van der Waals surface area contributed by atoms with Crippen molar-refractivity contribution in [3.05, 3.63) is 47.4 Å². The first-order valence-electron chi connectivity index (χ1n) is 9.02. The molecular weight excluding hydrogens is 342 g/mol. The maximum Gasteiger partial charge on any atom is 0.251 e. The van der Waals surface area contributed by atoms with Crippen molar-refractivity contribution in [3.8, 4) is 5.82 Å². The second kappa shape index (κ2) is 6.50. The second-order valence-electron chi connectivity index (χ2n) is 6.95. The zero-order chi connectivity index (χ0) is 19.1. The van der Waals surface area contributed by atoms with Gasteiger partial charge in [0.2, 0.25) is 5.91 Å². The average Bonchev–Trinajstić information content (AvgIpc) is 3.06. The van der Waals surface area contributed by atoms with E-state index in [4.69, 9.17) is 9.97 Å². The Bertz CT molecular complexity index is 1070. The lowest BCUT2D eigenvalue weighted by molar-refractivity contribution is -0.116. The molecule has 1 aliphatic heterocycles. The fourth-order valence-electron chi connectivity index (χ4n) is 3.38. The van der Waals surface area contributed by atoms with Gasteiger partial charge in [0.15, 0.2) is 0 Å². The van der Waals surface area contributed by atoms with Crippen molar-refractivity contribution in [2.45, 2.75) is 32.6 Å². The molecule has 0 unspecified atom stereocenters. The largest absolute Gasteiger partial charge is 0.355 e. The van der Waals surface area contributed by atoms with E-state index < -0.39 is 0 Å². The summed E-state index contributed by atoms with van der Waals surface area (Å²) in [6, 6.07) is 9.28. The molecule has 4 rings (SSSR count). The molecule has 2 aromatic heterocycles. The summed E-state index contributed by atoms with van der Waals surface area (Å²) < 4.78 is 2.03. The molecule has 0 bridgehead atoms. The predicted octanol–water partition coefficient (Wildman–Crippen LogP) is 2.79. The van der Waals surface area contributed by atoms with Crippen molar-refractivity contribution >= 4 is 28.5 Å². The highest BCUT2D eigenvalue weighted by Gasteiger charge is 2.20. The van der Waals surface area contributed by atoms with Crippen molar-refractivity contribution < 1.29 is 9.59 Å². The second-order valence-corrected chi connectivity index (χ2v) is 6.95. The molecule has 3 heterocycles. The lowest BCUT2D eigenvalue weighted by Crippen LogP contribution is -2.20. The molecule has 7 heteroatoms. The Morgan fingerprint density at radius 3 is 2.74 bits per heavy atom. The van der Waals surface area contributed by atoms with Crippen molar-refractivity contribution in [2.24, 2.45) is 0 Å². The van der Waals surface area contributed by atoms with Crippen LogP contribution in [0.2, 0.25) is 0 Å². The number of carbonyl (C=O) groups is 2. The number of pyridine rings is 1. The van der Waals surface area contributed by atoms with Gasteiger partial charge < -0.3 is 10.6 Å². The van der Waals surface area contributed by atoms with E-state index in [1.54, 1.807) is 19.2 Å². The fourth-order valence-corrected chi connectivity index (χ4v) is 3.38. The molecule has 0 saturated carbocycles. The van der Waals surface area contributed by atoms with Crippen molar-refractivity contribution in [1.82, 2.24) is 19.9 Å². The summed E-state index contributed by atoms with van der Waals surface area (Å²) >= 11 is 0. The Morgan fingerprint density at radius 1 is 1.19 bits per heavy atom. The lowest BCUT2D eigenvalue weighted by atomic mass is 10.1. The maximum absolute atomic E-state index is 11.9. The average molecular weight is 363 g/mol. The first kappa shape index (κ1) is 17.2. The molecule has 27 heavy (non-hydrogen) atoms. The summed E-state index contributed by atoms with van der Waals surface area (Å²) in [7, 11) is 1.61. The molecule has 138 valence electrons. The Morgan fingerprint density at radius 2 is 2.00 bits per heavy atom. The maximum atomic E-state index is 11.9. The van der Waals surface area contributed by atoms with E-state index in [1.807, 2.05) is 22.8 Å². The number of rotatable bonds is 3. The van der Waals surface area contributed by atoms with Crippen LogP contribution in [0, 0.1) is 0 Å². The molecule has 0 saturated heterocycles. The van der Waals surface area contributed by atoms with Gasteiger partial charge in [-0.15, -0.1) is 0 Å². The molecule has 0 spiro atoms. The molecule has 2 N–H and O–H groups in total. The number of hydrogen-bond donors (Lipinski definition) is 2. The van der Waals surface area contributed by atoms with E-state index in [0.29, 0.717) is 18.4 Å². The highest BCUT2D eigenvalue weighted by molar-refractivity contribution is 5.97. The van der Waals surface area contributed by atoms with Gasteiger partial charge in [-0.2, -0.15) is 0 Å². The minimum Gasteiger partial charge on any atom is -0.355 e. The number of anilines is 1. The van der Waals surface area contributed by atoms with Crippen molar-refractivity contribution in [1.29, 1.82) is 0 Å². The number of aryl methyl sites for hydroxylation is 1. The molecule has 0 atom stereocenters.